The molecule has 0 spiro atoms. The van der Waals surface area contributed by atoms with Gasteiger partial charge in [-0.1, -0.05) is 93.9 Å². The standard InChI is InChI=1S/C14H10BrClO2.C8H3BrN2.C7H5ClF2O2S.H7P5/c1-18-14(17)10-5-6-12(13(16)8-10)9-3-2-4-11(15)7-9;1-11-7-4-2-3-6(5-10)8(7)9;8-13(11,12)6-3-1-5(2-4-6)7(9)10;1-4-5(2)3/h2-8H,1H3;2-4H;1-4,7H;4H,1-3H2. The van der Waals surface area contributed by atoms with Crippen LogP contribution < -0.4 is 0 Å². The normalized spacial score (nSPS) is 10.4. The van der Waals surface area contributed by atoms with Gasteiger partial charge < -0.3 is 4.74 Å². The Morgan fingerprint density at radius 1 is 1.06 bits per heavy atom. The number of carbonyl (C=O) groups excluding carboxylic acids is 1. The smallest absolute Gasteiger partial charge is 0.337 e. The van der Waals surface area contributed by atoms with E-state index in [2.05, 4.69) is 68.2 Å². The van der Waals surface area contributed by atoms with Crippen molar-refractivity contribution in [2.75, 3.05) is 7.11 Å². The first kappa shape index (κ1) is 43.9. The van der Waals surface area contributed by atoms with Crippen LogP contribution in [0.3, 0.4) is 0 Å². The third kappa shape index (κ3) is 15.9. The molecule has 0 aliphatic rings. The van der Waals surface area contributed by atoms with E-state index in [0.29, 0.717) is 26.3 Å². The number of ether oxygens (including phenoxy) is 1. The Balaban J connectivity index is 0.000000338. The van der Waals surface area contributed by atoms with Crippen LogP contribution in [0.5, 0.6) is 0 Å². The summed E-state index contributed by atoms with van der Waals surface area (Å²) in [5, 5.41) is 9.08. The minimum Gasteiger partial charge on any atom is -0.465 e. The summed E-state index contributed by atoms with van der Waals surface area (Å²) in [7, 11) is 11.7. The molecule has 47 heavy (non-hydrogen) atoms. The number of halogens is 6. The molecular formula is C29H25Br2Cl2F2N2O4P5S. The van der Waals surface area contributed by atoms with Gasteiger partial charge in [-0.15, -0.1) is 26.8 Å². The molecule has 4 rings (SSSR count). The molecule has 0 saturated carbocycles. The van der Waals surface area contributed by atoms with Crippen molar-refractivity contribution < 1.29 is 26.7 Å². The van der Waals surface area contributed by atoms with Gasteiger partial charge in [0.15, 0.2) is 0 Å². The minimum absolute atomic E-state index is 0.182. The molecule has 4 aromatic carbocycles. The minimum atomic E-state index is -3.82. The molecule has 0 fully saturated rings. The molecule has 6 nitrogen and oxygen atoms in total. The average Bonchev–Trinajstić information content (AvgIpc) is 3.05. The van der Waals surface area contributed by atoms with Crippen molar-refractivity contribution in [3.05, 3.63) is 127 Å². The molecule has 0 aromatic heterocycles. The average molecular weight is 921 g/mol. The summed E-state index contributed by atoms with van der Waals surface area (Å²) in [6, 6.07) is 24.1. The lowest BCUT2D eigenvalue weighted by Gasteiger charge is -2.07. The number of benzene rings is 4. The highest BCUT2D eigenvalue weighted by Gasteiger charge is 2.12. The van der Waals surface area contributed by atoms with Crippen LogP contribution in [0.4, 0.5) is 14.5 Å². The van der Waals surface area contributed by atoms with Gasteiger partial charge in [0.1, 0.15) is 0 Å². The predicted octanol–water partition coefficient (Wildman–Crippen LogP) is 12.4. The van der Waals surface area contributed by atoms with Crippen molar-refractivity contribution in [2.24, 2.45) is 0 Å². The number of rotatable bonds is 5. The second kappa shape index (κ2) is 22.5. The summed E-state index contributed by atoms with van der Waals surface area (Å²) in [5.74, 6) is -0.391. The van der Waals surface area contributed by atoms with E-state index in [9.17, 15) is 22.0 Å². The van der Waals surface area contributed by atoms with Gasteiger partial charge in [0.05, 0.1) is 35.8 Å². The first-order valence-corrected chi connectivity index (χ1v) is 24.9. The van der Waals surface area contributed by atoms with Crippen molar-refractivity contribution in [1.82, 2.24) is 0 Å². The summed E-state index contributed by atoms with van der Waals surface area (Å²) in [6.45, 7) is 6.97. The number of hydrogen-bond donors (Lipinski definition) is 0. The van der Waals surface area contributed by atoms with E-state index in [-0.39, 0.29) is 17.4 Å². The molecule has 18 heteroatoms. The molecule has 0 bridgehead atoms. The predicted molar refractivity (Wildman–Crippen MR) is 210 cm³/mol. The first-order chi connectivity index (χ1) is 22.1. The number of esters is 1. The molecule has 0 saturated heterocycles. The van der Waals surface area contributed by atoms with E-state index in [1.54, 1.807) is 30.3 Å². The summed E-state index contributed by atoms with van der Waals surface area (Å²) >= 11 is 12.8. The van der Waals surface area contributed by atoms with Gasteiger partial charge in [-0.3, -0.25) is 0 Å². The lowest BCUT2D eigenvalue weighted by atomic mass is 10.0. The Kier molecular flexibility index (Phi) is 21.0. The summed E-state index contributed by atoms with van der Waals surface area (Å²) in [6.07, 6.45) is -2.60. The molecule has 0 aliphatic heterocycles. The van der Waals surface area contributed by atoms with Gasteiger partial charge in [-0.05, 0) is 55.0 Å². The van der Waals surface area contributed by atoms with Crippen LogP contribution in [0, 0.1) is 17.9 Å². The number of carbonyl (C=O) groups is 1. The van der Waals surface area contributed by atoms with Crippen LogP contribution in [-0.4, -0.2) is 21.5 Å². The van der Waals surface area contributed by atoms with Gasteiger partial charge in [0, 0.05) is 35.8 Å². The molecule has 0 radical (unpaired) electrons. The molecule has 4 aromatic rings. The summed E-state index contributed by atoms with van der Waals surface area (Å²) in [5.41, 5.74) is 3.06. The summed E-state index contributed by atoms with van der Waals surface area (Å²) in [4.78, 5) is 14.4. The highest BCUT2D eigenvalue weighted by Crippen LogP contribution is 2.71. The van der Waals surface area contributed by atoms with E-state index >= 15 is 0 Å². The fourth-order valence-electron chi connectivity index (χ4n) is 3.12. The van der Waals surface area contributed by atoms with Crippen molar-refractivity contribution in [1.29, 1.82) is 5.26 Å². The number of alkyl halides is 2. The van der Waals surface area contributed by atoms with E-state index < -0.39 is 21.4 Å². The molecule has 0 heterocycles. The number of nitriles is 1. The zero-order chi connectivity index (χ0) is 35.7. The van der Waals surface area contributed by atoms with Crippen LogP contribution >= 0.6 is 95.9 Å². The van der Waals surface area contributed by atoms with Crippen LogP contribution in [0.2, 0.25) is 5.02 Å². The maximum Gasteiger partial charge on any atom is 0.337 e. The Bertz CT molecular complexity index is 1820. The van der Waals surface area contributed by atoms with Crippen molar-refractivity contribution in [2.45, 2.75) is 11.3 Å². The monoisotopic (exact) mass is 918 g/mol. The molecular weight excluding hydrogens is 896 g/mol. The SMILES string of the molecule is COC(=O)c1ccc(-c2cccc(Br)c2)c(Cl)c1.O=S(=O)(Cl)c1ccc(C(F)F)cc1.PPP(P)P.[C-]#[N+]c1cccc(C#N)c1Br. The first-order valence-electron chi connectivity index (χ1n) is 12.4. The topological polar surface area (TPSA) is 88.6 Å². The van der Waals surface area contributed by atoms with Crippen LogP contribution in [-0.2, 0) is 13.8 Å². The summed E-state index contributed by atoms with van der Waals surface area (Å²) < 4.78 is 51.6. The van der Waals surface area contributed by atoms with Gasteiger partial charge in [-0.25, -0.2) is 26.8 Å². The molecule has 248 valence electrons. The van der Waals surface area contributed by atoms with E-state index in [1.807, 2.05) is 36.4 Å². The highest BCUT2D eigenvalue weighted by atomic mass is 79.9. The molecule has 0 aliphatic carbocycles. The van der Waals surface area contributed by atoms with Crippen molar-refractivity contribution in [3.63, 3.8) is 0 Å². The highest BCUT2D eigenvalue weighted by molar-refractivity contribution is 9.11. The lowest BCUT2D eigenvalue weighted by Crippen LogP contribution is -2.00. The van der Waals surface area contributed by atoms with Crippen LogP contribution in [0.1, 0.15) is 27.9 Å². The number of hydrogen-bond acceptors (Lipinski definition) is 5. The third-order valence-electron chi connectivity index (χ3n) is 5.31. The maximum atomic E-state index is 12.0. The van der Waals surface area contributed by atoms with Gasteiger partial charge in [0.2, 0.25) is 5.69 Å². The fourth-order valence-corrected chi connectivity index (χ4v) is 5.02. The maximum absolute atomic E-state index is 12.0. The zero-order valence-electron chi connectivity index (χ0n) is 24.0. The van der Waals surface area contributed by atoms with E-state index in [1.165, 1.54) is 7.11 Å². The molecule has 4 unspecified atom stereocenters. The second-order valence-electron chi connectivity index (χ2n) is 8.40. The van der Waals surface area contributed by atoms with Crippen molar-refractivity contribution >= 4 is 117 Å². The molecule has 0 N–H and O–H groups in total. The molecule has 0 amide bonds. The van der Waals surface area contributed by atoms with Crippen LogP contribution in [0.15, 0.2) is 98.8 Å². The second-order valence-corrected chi connectivity index (χ2v) is 27.0. The van der Waals surface area contributed by atoms with E-state index in [0.717, 1.165) is 47.8 Å². The van der Waals surface area contributed by atoms with Gasteiger partial charge in [0.25, 0.3) is 15.5 Å². The Morgan fingerprint density at radius 3 is 2.11 bits per heavy atom. The lowest BCUT2D eigenvalue weighted by molar-refractivity contribution is 0.0600. The van der Waals surface area contributed by atoms with Crippen molar-refractivity contribution in [3.8, 4) is 17.2 Å². The Hall–Kier alpha value is -1.17. The quantitative estimate of drug-likeness (QED) is 0.0861. The fraction of sp³-hybridized carbons (Fsp3) is 0.0690. The third-order valence-corrected chi connectivity index (χ3v) is 20.2. The van der Waals surface area contributed by atoms with Gasteiger partial charge >= 0.3 is 5.97 Å². The number of nitrogens with zero attached hydrogens (tertiary/aromatic N) is 2. The zero-order valence-corrected chi connectivity index (χ0v) is 34.9. The van der Waals surface area contributed by atoms with Crippen LogP contribution in [0.25, 0.3) is 16.0 Å². The molecule has 4 atom stereocenters. The Morgan fingerprint density at radius 2 is 1.66 bits per heavy atom. The van der Waals surface area contributed by atoms with E-state index in [4.69, 9.17) is 34.1 Å². The largest absolute Gasteiger partial charge is 0.465 e. The Labute approximate surface area is 309 Å². The van der Waals surface area contributed by atoms with Gasteiger partial charge in [-0.2, -0.15) is 5.26 Å². The number of methoxy groups -OCH3 is 1.